The summed E-state index contributed by atoms with van der Waals surface area (Å²) in [7, 11) is 4.19. The van der Waals surface area contributed by atoms with Gasteiger partial charge in [-0.1, -0.05) is 18.5 Å². The largest absolute Gasteiger partial charge is 0.302 e. The SMILES string of the molecule is CCC(C)(C(Cc1ccc(Cl)s1)NN)N(C)C. The van der Waals surface area contributed by atoms with Gasteiger partial charge in [-0.25, -0.2) is 0 Å². The van der Waals surface area contributed by atoms with Gasteiger partial charge in [0.1, 0.15) is 0 Å². The highest BCUT2D eigenvalue weighted by Gasteiger charge is 2.34. The van der Waals surface area contributed by atoms with Crippen molar-refractivity contribution >= 4 is 22.9 Å². The molecule has 1 heterocycles. The zero-order valence-electron chi connectivity index (χ0n) is 11.0. The molecule has 0 saturated carbocycles. The Bertz CT molecular complexity index is 353. The summed E-state index contributed by atoms with van der Waals surface area (Å²) >= 11 is 7.58. The molecule has 0 amide bonds. The van der Waals surface area contributed by atoms with Gasteiger partial charge in [0.2, 0.25) is 0 Å². The van der Waals surface area contributed by atoms with Crippen molar-refractivity contribution in [1.29, 1.82) is 0 Å². The normalized spacial score (nSPS) is 17.1. The molecule has 2 unspecified atom stereocenters. The summed E-state index contributed by atoms with van der Waals surface area (Å²) in [5.74, 6) is 5.72. The van der Waals surface area contributed by atoms with Crippen molar-refractivity contribution in [1.82, 2.24) is 10.3 Å². The molecule has 1 aromatic rings. The minimum Gasteiger partial charge on any atom is -0.302 e. The number of likely N-dealkylation sites (N-methyl/N-ethyl adjacent to an activating group) is 1. The van der Waals surface area contributed by atoms with Crippen LogP contribution in [0.15, 0.2) is 12.1 Å². The number of hydrazine groups is 1. The van der Waals surface area contributed by atoms with E-state index in [0.717, 1.165) is 17.2 Å². The van der Waals surface area contributed by atoms with E-state index in [-0.39, 0.29) is 11.6 Å². The van der Waals surface area contributed by atoms with Crippen LogP contribution in [0.4, 0.5) is 0 Å². The van der Waals surface area contributed by atoms with Crippen molar-refractivity contribution in [3.8, 4) is 0 Å². The number of halogens is 1. The molecular formula is C12H22ClN3S. The second-order valence-electron chi connectivity index (χ2n) is 4.73. The smallest absolute Gasteiger partial charge is 0.0931 e. The van der Waals surface area contributed by atoms with Crippen molar-refractivity contribution < 1.29 is 0 Å². The lowest BCUT2D eigenvalue weighted by atomic mass is 9.86. The minimum atomic E-state index is 0.0330. The second-order valence-corrected chi connectivity index (χ2v) is 6.53. The fraction of sp³-hybridized carbons (Fsp3) is 0.667. The molecule has 0 aliphatic carbocycles. The van der Waals surface area contributed by atoms with E-state index >= 15 is 0 Å². The third-order valence-electron chi connectivity index (χ3n) is 3.72. The quantitative estimate of drug-likeness (QED) is 0.619. The van der Waals surface area contributed by atoms with Crippen LogP contribution in [0, 0.1) is 0 Å². The Morgan fingerprint density at radius 2 is 2.18 bits per heavy atom. The van der Waals surface area contributed by atoms with E-state index in [9.17, 15) is 0 Å². The summed E-state index contributed by atoms with van der Waals surface area (Å²) in [6.45, 7) is 4.42. The summed E-state index contributed by atoms with van der Waals surface area (Å²) in [6.07, 6.45) is 1.93. The molecule has 1 rings (SSSR count). The maximum Gasteiger partial charge on any atom is 0.0931 e. The van der Waals surface area contributed by atoms with Crippen molar-refractivity contribution in [3.63, 3.8) is 0 Å². The van der Waals surface area contributed by atoms with Crippen LogP contribution < -0.4 is 11.3 Å². The number of thiophene rings is 1. The molecule has 0 aromatic carbocycles. The first-order valence-electron chi connectivity index (χ1n) is 5.81. The minimum absolute atomic E-state index is 0.0330. The molecule has 0 spiro atoms. The summed E-state index contributed by atoms with van der Waals surface area (Å²) in [4.78, 5) is 3.49. The van der Waals surface area contributed by atoms with Crippen molar-refractivity contribution in [3.05, 3.63) is 21.3 Å². The fourth-order valence-electron chi connectivity index (χ4n) is 2.00. The Kier molecular flexibility index (Phi) is 5.41. The molecule has 0 aliphatic heterocycles. The Labute approximate surface area is 113 Å². The molecule has 1 aromatic heterocycles. The van der Waals surface area contributed by atoms with Gasteiger partial charge >= 0.3 is 0 Å². The van der Waals surface area contributed by atoms with E-state index in [1.165, 1.54) is 4.88 Å². The maximum absolute atomic E-state index is 5.95. The maximum atomic E-state index is 5.95. The van der Waals surface area contributed by atoms with E-state index in [2.05, 4.69) is 44.3 Å². The monoisotopic (exact) mass is 275 g/mol. The zero-order valence-corrected chi connectivity index (χ0v) is 12.5. The Hall–Kier alpha value is -0.130. The van der Waals surface area contributed by atoms with Crippen LogP contribution in [0.2, 0.25) is 4.34 Å². The highest BCUT2D eigenvalue weighted by atomic mass is 35.5. The molecule has 5 heteroatoms. The fourth-order valence-corrected chi connectivity index (χ4v) is 3.13. The zero-order chi connectivity index (χ0) is 13.1. The van der Waals surface area contributed by atoms with Crippen LogP contribution in [-0.4, -0.2) is 30.6 Å². The van der Waals surface area contributed by atoms with Gasteiger partial charge in [-0.15, -0.1) is 11.3 Å². The highest BCUT2D eigenvalue weighted by molar-refractivity contribution is 7.16. The van der Waals surface area contributed by atoms with Crippen LogP contribution >= 0.6 is 22.9 Å². The van der Waals surface area contributed by atoms with Crippen molar-refractivity contribution in [2.75, 3.05) is 14.1 Å². The van der Waals surface area contributed by atoms with Crippen LogP contribution in [-0.2, 0) is 6.42 Å². The molecule has 2 atom stereocenters. The lowest BCUT2D eigenvalue weighted by Gasteiger charge is -2.42. The van der Waals surface area contributed by atoms with E-state index in [1.54, 1.807) is 11.3 Å². The second kappa shape index (κ2) is 6.16. The van der Waals surface area contributed by atoms with Crippen LogP contribution in [0.25, 0.3) is 0 Å². The third-order valence-corrected chi connectivity index (χ3v) is 4.98. The summed E-state index contributed by atoms with van der Waals surface area (Å²) in [5, 5.41) is 0. The highest BCUT2D eigenvalue weighted by Crippen LogP contribution is 2.27. The lowest BCUT2D eigenvalue weighted by Crippen LogP contribution is -2.59. The molecule has 3 N–H and O–H groups in total. The Morgan fingerprint density at radius 1 is 1.53 bits per heavy atom. The lowest BCUT2D eigenvalue weighted by molar-refractivity contribution is 0.113. The van der Waals surface area contributed by atoms with Gasteiger partial charge < -0.3 is 4.90 Å². The number of hydrogen-bond donors (Lipinski definition) is 2. The van der Waals surface area contributed by atoms with Crippen LogP contribution in [0.3, 0.4) is 0 Å². The Morgan fingerprint density at radius 3 is 2.53 bits per heavy atom. The van der Waals surface area contributed by atoms with Crippen LogP contribution in [0.1, 0.15) is 25.1 Å². The molecule has 3 nitrogen and oxygen atoms in total. The average Bonchev–Trinajstić information content (AvgIpc) is 2.70. The number of hydrogen-bond acceptors (Lipinski definition) is 4. The van der Waals surface area contributed by atoms with E-state index in [0.29, 0.717) is 0 Å². The predicted octanol–water partition coefficient (Wildman–Crippen LogP) is 2.51. The molecule has 0 fully saturated rings. The van der Waals surface area contributed by atoms with E-state index < -0.39 is 0 Å². The summed E-state index contributed by atoms with van der Waals surface area (Å²) in [6, 6.07) is 4.22. The molecule has 0 bridgehead atoms. The molecule has 98 valence electrons. The van der Waals surface area contributed by atoms with Gasteiger partial charge in [-0.05, 0) is 39.6 Å². The average molecular weight is 276 g/mol. The van der Waals surface area contributed by atoms with Gasteiger partial charge in [-0.2, -0.15) is 0 Å². The van der Waals surface area contributed by atoms with Crippen molar-refractivity contribution in [2.24, 2.45) is 5.84 Å². The third kappa shape index (κ3) is 3.42. The van der Waals surface area contributed by atoms with Gasteiger partial charge in [0.15, 0.2) is 0 Å². The van der Waals surface area contributed by atoms with Gasteiger partial charge in [0.25, 0.3) is 0 Å². The van der Waals surface area contributed by atoms with Crippen molar-refractivity contribution in [2.45, 2.75) is 38.3 Å². The number of rotatable bonds is 6. The molecular weight excluding hydrogens is 254 g/mol. The van der Waals surface area contributed by atoms with Crippen LogP contribution in [0.5, 0.6) is 0 Å². The molecule has 0 radical (unpaired) electrons. The number of nitrogens with one attached hydrogen (secondary N) is 1. The number of nitrogens with two attached hydrogens (primary N) is 1. The summed E-state index contributed by atoms with van der Waals surface area (Å²) < 4.78 is 0.832. The van der Waals surface area contributed by atoms with E-state index in [4.69, 9.17) is 17.4 Å². The number of nitrogens with zero attached hydrogens (tertiary/aromatic N) is 1. The van der Waals surface area contributed by atoms with Gasteiger partial charge in [0.05, 0.1) is 4.34 Å². The first-order valence-corrected chi connectivity index (χ1v) is 7.01. The first-order chi connectivity index (χ1) is 7.93. The predicted molar refractivity (Wildman–Crippen MR) is 76.5 cm³/mol. The van der Waals surface area contributed by atoms with E-state index in [1.807, 2.05) is 6.07 Å². The van der Waals surface area contributed by atoms with Gasteiger partial charge in [0, 0.05) is 22.9 Å². The molecule has 17 heavy (non-hydrogen) atoms. The first kappa shape index (κ1) is 14.9. The standard InChI is InChI=1S/C12H22ClN3S/c1-5-12(2,16(3)4)10(15-14)8-9-6-7-11(13)17-9/h6-7,10,15H,5,8,14H2,1-4H3. The Balaban J connectivity index is 2.83. The summed E-state index contributed by atoms with van der Waals surface area (Å²) in [5.41, 5.74) is 2.99. The topological polar surface area (TPSA) is 41.3 Å². The molecule has 0 saturated heterocycles. The molecule has 0 aliphatic rings. The van der Waals surface area contributed by atoms with Gasteiger partial charge in [-0.3, -0.25) is 11.3 Å².